The summed E-state index contributed by atoms with van der Waals surface area (Å²) in [6, 6.07) is 34.6. The van der Waals surface area contributed by atoms with E-state index in [0.717, 1.165) is 17.1 Å². The van der Waals surface area contributed by atoms with Crippen LogP contribution >= 0.6 is 0 Å². The Balaban J connectivity index is 1.52. The van der Waals surface area contributed by atoms with Gasteiger partial charge in [0.05, 0.1) is 11.7 Å². The summed E-state index contributed by atoms with van der Waals surface area (Å²) in [5, 5.41) is 0. The topological polar surface area (TPSA) is 18.8 Å². The molecule has 0 N–H and O–H groups in total. The molecular formula is C34H33N3. The third-order valence-electron chi connectivity index (χ3n) is 7.52. The molecule has 0 saturated carbocycles. The molecule has 0 bridgehead atoms. The van der Waals surface area contributed by atoms with Gasteiger partial charge in [0.1, 0.15) is 11.9 Å². The fourth-order valence-corrected chi connectivity index (χ4v) is 5.67. The lowest BCUT2D eigenvalue weighted by atomic mass is 9.84. The van der Waals surface area contributed by atoms with E-state index < -0.39 is 0 Å². The Hall–Kier alpha value is -3.85. The number of benzene rings is 4. The van der Waals surface area contributed by atoms with Gasteiger partial charge in [-0.15, -0.1) is 0 Å². The maximum Gasteiger partial charge on any atom is 0.215 e. The van der Waals surface area contributed by atoms with Crippen LogP contribution in [0.15, 0.2) is 102 Å². The molecule has 2 aliphatic heterocycles. The molecule has 0 aromatic heterocycles. The summed E-state index contributed by atoms with van der Waals surface area (Å²) in [7, 11) is 0. The Morgan fingerprint density at radius 1 is 0.730 bits per heavy atom. The molecule has 3 nitrogen and oxygen atoms in total. The standard InChI is InChI=1S/C34H33N3/c1-23-20-27(34(3,4)5)21-24(2)31(23)36-22-37-32(26-16-10-7-11-17-26)30(25-14-8-6-9-15-25)35-33(37)28-18-12-13-19-29(28)36/h6-21,30,32H,1-5H3/t30-,32-/m0/s1. The van der Waals surface area contributed by atoms with E-state index in [0.29, 0.717) is 0 Å². The van der Waals surface area contributed by atoms with Gasteiger partial charge in [-0.05, 0) is 59.2 Å². The zero-order chi connectivity index (χ0) is 25.7. The highest BCUT2D eigenvalue weighted by Crippen LogP contribution is 2.50. The minimum atomic E-state index is -0.0235. The molecule has 0 fully saturated rings. The summed E-state index contributed by atoms with van der Waals surface area (Å²) in [6.07, 6.45) is 0. The van der Waals surface area contributed by atoms with Crippen molar-refractivity contribution in [3.63, 3.8) is 0 Å². The lowest BCUT2D eigenvalue weighted by Gasteiger charge is -2.41. The van der Waals surface area contributed by atoms with Crippen molar-refractivity contribution in [2.45, 2.75) is 52.1 Å². The van der Waals surface area contributed by atoms with Gasteiger partial charge in [0.15, 0.2) is 0 Å². The fraction of sp³-hybridized carbons (Fsp3) is 0.235. The predicted molar refractivity (Wildman–Crippen MR) is 153 cm³/mol. The Morgan fingerprint density at radius 2 is 1.30 bits per heavy atom. The van der Waals surface area contributed by atoms with Gasteiger partial charge in [-0.1, -0.05) is 106 Å². The van der Waals surface area contributed by atoms with E-state index in [1.54, 1.807) is 0 Å². The molecule has 4 aromatic rings. The van der Waals surface area contributed by atoms with Crippen molar-refractivity contribution in [2.75, 3.05) is 4.90 Å². The Labute approximate surface area is 221 Å². The van der Waals surface area contributed by atoms with E-state index in [-0.39, 0.29) is 17.5 Å². The Bertz CT molecular complexity index is 1440. The largest absolute Gasteiger partial charge is 0.316 e. The number of hydrogen-bond acceptors (Lipinski definition) is 3. The van der Waals surface area contributed by atoms with Crippen LogP contribution in [0.25, 0.3) is 0 Å². The number of aliphatic imine (C=N–C) groups is 1. The summed E-state index contributed by atoms with van der Waals surface area (Å²) in [4.78, 5) is 9.88. The SMILES string of the molecule is Cc1cc(C(C)(C)C)cc(C)c1N1[C]N2C(=N[C@@H](c3ccccc3)[C@@H]2c2ccccc2)c2ccccc21. The van der Waals surface area contributed by atoms with Crippen LogP contribution in [0.4, 0.5) is 11.4 Å². The third-order valence-corrected chi connectivity index (χ3v) is 7.52. The van der Waals surface area contributed by atoms with Crippen LogP contribution in [0.1, 0.15) is 66.2 Å². The van der Waals surface area contributed by atoms with E-state index in [2.05, 4.69) is 148 Å². The average molecular weight is 484 g/mol. The molecular weight excluding hydrogens is 450 g/mol. The van der Waals surface area contributed by atoms with E-state index in [1.165, 1.54) is 33.5 Å². The molecule has 6 rings (SSSR count). The van der Waals surface area contributed by atoms with E-state index in [1.807, 2.05) is 0 Å². The Morgan fingerprint density at radius 3 is 1.92 bits per heavy atom. The molecule has 0 unspecified atom stereocenters. The van der Waals surface area contributed by atoms with Crippen molar-refractivity contribution >= 4 is 17.2 Å². The van der Waals surface area contributed by atoms with Crippen molar-refractivity contribution in [3.05, 3.63) is 137 Å². The number of aryl methyl sites for hydroxylation is 2. The molecule has 0 spiro atoms. The number of nitrogens with zero attached hydrogens (tertiary/aromatic N) is 3. The van der Waals surface area contributed by atoms with Gasteiger partial charge < -0.3 is 9.80 Å². The first kappa shape index (κ1) is 23.5. The average Bonchev–Trinajstić information content (AvgIpc) is 3.28. The van der Waals surface area contributed by atoms with Crippen molar-refractivity contribution in [2.24, 2.45) is 4.99 Å². The first-order chi connectivity index (χ1) is 17.8. The van der Waals surface area contributed by atoms with Crippen LogP contribution in [-0.4, -0.2) is 10.7 Å². The quantitative estimate of drug-likeness (QED) is 0.292. The van der Waals surface area contributed by atoms with E-state index in [9.17, 15) is 0 Å². The minimum Gasteiger partial charge on any atom is -0.316 e. The van der Waals surface area contributed by atoms with Gasteiger partial charge in [-0.2, -0.15) is 0 Å². The van der Waals surface area contributed by atoms with Crippen LogP contribution in [0.5, 0.6) is 0 Å². The van der Waals surface area contributed by atoms with Crippen LogP contribution in [0, 0.1) is 20.5 Å². The fourth-order valence-electron chi connectivity index (χ4n) is 5.67. The number of anilines is 2. The molecule has 0 amide bonds. The monoisotopic (exact) mass is 483 g/mol. The number of para-hydroxylation sites is 1. The van der Waals surface area contributed by atoms with Gasteiger partial charge in [0.2, 0.25) is 6.67 Å². The predicted octanol–water partition coefficient (Wildman–Crippen LogP) is 8.29. The van der Waals surface area contributed by atoms with Gasteiger partial charge in [0.25, 0.3) is 0 Å². The van der Waals surface area contributed by atoms with Crippen molar-refractivity contribution < 1.29 is 0 Å². The van der Waals surface area contributed by atoms with Crippen molar-refractivity contribution in [1.82, 2.24) is 4.90 Å². The number of amidine groups is 1. The molecule has 2 heterocycles. The minimum absolute atomic E-state index is 0.0175. The molecule has 2 aliphatic rings. The maximum atomic E-state index is 5.35. The molecule has 3 heteroatoms. The maximum absolute atomic E-state index is 5.35. The number of rotatable bonds is 3. The van der Waals surface area contributed by atoms with Gasteiger partial charge in [-0.25, -0.2) is 0 Å². The van der Waals surface area contributed by atoms with Crippen molar-refractivity contribution in [3.8, 4) is 0 Å². The molecule has 184 valence electrons. The molecule has 0 aliphatic carbocycles. The summed E-state index contributed by atoms with van der Waals surface area (Å²) in [6.45, 7) is 15.1. The zero-order valence-corrected chi connectivity index (χ0v) is 22.2. The number of hydrogen-bond donors (Lipinski definition) is 0. The summed E-state index contributed by atoms with van der Waals surface area (Å²) >= 11 is 0. The second-order valence-electron chi connectivity index (χ2n) is 11.2. The smallest absolute Gasteiger partial charge is 0.215 e. The molecule has 4 aromatic carbocycles. The number of fused-ring (bicyclic) bond motifs is 3. The van der Waals surface area contributed by atoms with Crippen molar-refractivity contribution in [1.29, 1.82) is 0 Å². The summed E-state index contributed by atoms with van der Waals surface area (Å²) < 4.78 is 0. The molecule has 0 saturated heterocycles. The highest BCUT2D eigenvalue weighted by atomic mass is 15.4. The van der Waals surface area contributed by atoms with Crippen LogP contribution in [0.3, 0.4) is 0 Å². The summed E-state index contributed by atoms with van der Waals surface area (Å²) in [5.74, 6) is 0.983. The van der Waals surface area contributed by atoms with E-state index in [4.69, 9.17) is 4.99 Å². The lowest BCUT2D eigenvalue weighted by molar-refractivity contribution is 0.357. The van der Waals surface area contributed by atoms with E-state index >= 15 is 0 Å². The first-order valence-electron chi connectivity index (χ1n) is 13.1. The van der Waals surface area contributed by atoms with Crippen LogP contribution in [-0.2, 0) is 5.41 Å². The van der Waals surface area contributed by atoms with Gasteiger partial charge in [0, 0.05) is 11.3 Å². The lowest BCUT2D eigenvalue weighted by Crippen LogP contribution is -2.41. The first-order valence-corrected chi connectivity index (χ1v) is 13.1. The highest BCUT2D eigenvalue weighted by molar-refractivity contribution is 6.08. The second kappa shape index (κ2) is 8.92. The van der Waals surface area contributed by atoms with Crippen LogP contribution < -0.4 is 4.90 Å². The normalized spacial score (nSPS) is 18.9. The highest BCUT2D eigenvalue weighted by Gasteiger charge is 2.44. The third kappa shape index (κ3) is 4.03. The Kier molecular flexibility index (Phi) is 5.67. The molecule has 2 radical (unpaired) electrons. The second-order valence-corrected chi connectivity index (χ2v) is 11.2. The van der Waals surface area contributed by atoms with Gasteiger partial charge in [-0.3, -0.25) is 4.99 Å². The van der Waals surface area contributed by atoms with Gasteiger partial charge >= 0.3 is 0 Å². The summed E-state index contributed by atoms with van der Waals surface area (Å²) in [5.41, 5.74) is 9.85. The molecule has 37 heavy (non-hydrogen) atoms. The van der Waals surface area contributed by atoms with Crippen LogP contribution in [0.2, 0.25) is 0 Å². The molecule has 2 atom stereocenters. The zero-order valence-electron chi connectivity index (χ0n) is 22.2.